The maximum absolute atomic E-state index is 11.3. The Labute approximate surface area is 143 Å². The molecule has 1 heterocycles. The summed E-state index contributed by atoms with van der Waals surface area (Å²) in [5.74, 6) is 0.987. The van der Waals surface area contributed by atoms with Gasteiger partial charge in [0.15, 0.2) is 0 Å². The van der Waals surface area contributed by atoms with Crippen molar-refractivity contribution >= 4 is 0 Å². The number of imidazole rings is 1. The predicted octanol–water partition coefficient (Wildman–Crippen LogP) is 4.06. The molecule has 2 aromatic carbocycles. The number of nitrogens with zero attached hydrogens (tertiary/aromatic N) is 2. The third-order valence-electron chi connectivity index (χ3n) is 4.55. The van der Waals surface area contributed by atoms with E-state index in [4.69, 9.17) is 0 Å². The fraction of sp³-hybridized carbons (Fsp3) is 0.286. The van der Waals surface area contributed by atoms with Gasteiger partial charge < -0.3 is 9.67 Å². The molecule has 0 saturated heterocycles. The molecule has 0 saturated carbocycles. The first-order valence-corrected chi connectivity index (χ1v) is 8.40. The van der Waals surface area contributed by atoms with Crippen molar-refractivity contribution in [1.82, 2.24) is 9.55 Å². The third kappa shape index (κ3) is 3.13. The largest absolute Gasteiger partial charge is 0.379 e. The predicted molar refractivity (Wildman–Crippen MR) is 97.0 cm³/mol. The number of benzene rings is 2. The highest BCUT2D eigenvalue weighted by Gasteiger charge is 2.30. The summed E-state index contributed by atoms with van der Waals surface area (Å²) in [6.07, 6.45) is 2.64. The first kappa shape index (κ1) is 16.5. The molecule has 1 unspecified atom stereocenters. The van der Waals surface area contributed by atoms with Crippen LogP contribution in [-0.2, 0) is 18.6 Å². The molecule has 0 radical (unpaired) electrons. The quantitative estimate of drug-likeness (QED) is 0.770. The molecule has 0 fully saturated rings. The molecule has 0 aliphatic rings. The third-order valence-corrected chi connectivity index (χ3v) is 4.55. The lowest BCUT2D eigenvalue weighted by molar-refractivity contribution is 0.0932. The van der Waals surface area contributed by atoms with Gasteiger partial charge >= 0.3 is 0 Å². The molecule has 1 N–H and O–H groups in total. The van der Waals surface area contributed by atoms with Gasteiger partial charge in [-0.3, -0.25) is 0 Å². The Bertz CT molecular complexity index is 802. The fourth-order valence-corrected chi connectivity index (χ4v) is 3.05. The van der Waals surface area contributed by atoms with E-state index in [1.54, 1.807) is 0 Å². The molecule has 1 aromatic heterocycles. The SMILES string of the molecule is CCc1ncc(C(C)(O)c2ccc(C)cc2)n1Cc1ccccc1. The molecule has 24 heavy (non-hydrogen) atoms. The Morgan fingerprint density at radius 1 is 1.04 bits per heavy atom. The molecule has 3 aromatic rings. The van der Waals surface area contributed by atoms with Gasteiger partial charge in [-0.1, -0.05) is 67.1 Å². The Balaban J connectivity index is 2.04. The van der Waals surface area contributed by atoms with Crippen LogP contribution in [-0.4, -0.2) is 14.7 Å². The Kier molecular flexibility index (Phi) is 4.54. The van der Waals surface area contributed by atoms with Crippen molar-refractivity contribution in [3.05, 3.63) is 89.0 Å². The molecule has 3 heteroatoms. The van der Waals surface area contributed by atoms with Crippen LogP contribution in [0, 0.1) is 6.92 Å². The van der Waals surface area contributed by atoms with E-state index in [-0.39, 0.29) is 0 Å². The highest BCUT2D eigenvalue weighted by Crippen LogP contribution is 2.30. The van der Waals surface area contributed by atoms with Crippen LogP contribution in [0.15, 0.2) is 60.8 Å². The fourth-order valence-electron chi connectivity index (χ4n) is 3.05. The summed E-state index contributed by atoms with van der Waals surface area (Å²) < 4.78 is 2.13. The van der Waals surface area contributed by atoms with Crippen LogP contribution >= 0.6 is 0 Å². The van der Waals surface area contributed by atoms with E-state index in [0.29, 0.717) is 6.54 Å². The van der Waals surface area contributed by atoms with E-state index in [0.717, 1.165) is 23.5 Å². The van der Waals surface area contributed by atoms with Crippen molar-refractivity contribution in [3.8, 4) is 0 Å². The van der Waals surface area contributed by atoms with Crippen molar-refractivity contribution < 1.29 is 5.11 Å². The number of rotatable bonds is 5. The monoisotopic (exact) mass is 320 g/mol. The number of hydrogen-bond acceptors (Lipinski definition) is 2. The van der Waals surface area contributed by atoms with Gasteiger partial charge in [-0.25, -0.2) is 4.98 Å². The molecule has 0 spiro atoms. The first-order valence-electron chi connectivity index (χ1n) is 8.40. The average Bonchev–Trinajstić information content (AvgIpc) is 2.99. The summed E-state index contributed by atoms with van der Waals surface area (Å²) in [6, 6.07) is 18.3. The maximum Gasteiger partial charge on any atom is 0.128 e. The molecule has 3 rings (SSSR count). The first-order chi connectivity index (χ1) is 11.5. The van der Waals surface area contributed by atoms with E-state index in [9.17, 15) is 5.11 Å². The Hall–Kier alpha value is -2.39. The number of aromatic nitrogens is 2. The van der Waals surface area contributed by atoms with Crippen LogP contribution in [0.3, 0.4) is 0 Å². The van der Waals surface area contributed by atoms with Gasteiger partial charge in [-0.05, 0) is 25.0 Å². The number of aliphatic hydroxyl groups is 1. The lowest BCUT2D eigenvalue weighted by Gasteiger charge is -2.26. The second-order valence-corrected chi connectivity index (χ2v) is 6.42. The van der Waals surface area contributed by atoms with Gasteiger partial charge in [0.05, 0.1) is 11.9 Å². The topological polar surface area (TPSA) is 38.1 Å². The second-order valence-electron chi connectivity index (χ2n) is 6.42. The van der Waals surface area contributed by atoms with E-state index < -0.39 is 5.60 Å². The van der Waals surface area contributed by atoms with Crippen LogP contribution in [0.4, 0.5) is 0 Å². The minimum atomic E-state index is -1.08. The summed E-state index contributed by atoms with van der Waals surface area (Å²) >= 11 is 0. The average molecular weight is 320 g/mol. The molecule has 0 amide bonds. The van der Waals surface area contributed by atoms with E-state index >= 15 is 0 Å². The minimum Gasteiger partial charge on any atom is -0.379 e. The summed E-state index contributed by atoms with van der Waals surface area (Å²) in [5, 5.41) is 11.3. The standard InChI is InChI=1S/C21H24N2O/c1-4-20-22-14-19(23(20)15-17-8-6-5-7-9-17)21(3,24)18-12-10-16(2)11-13-18/h5-14,24H,4,15H2,1-3H3. The number of hydrogen-bond donors (Lipinski definition) is 1. The molecule has 1 atom stereocenters. The van der Waals surface area contributed by atoms with Crippen LogP contribution in [0.2, 0.25) is 0 Å². The van der Waals surface area contributed by atoms with Crippen molar-refractivity contribution in [2.45, 2.75) is 39.3 Å². The minimum absolute atomic E-state index is 0.710. The summed E-state index contributed by atoms with van der Waals surface area (Å²) in [5.41, 5.74) is 3.01. The van der Waals surface area contributed by atoms with Gasteiger partial charge in [0.2, 0.25) is 0 Å². The summed E-state index contributed by atoms with van der Waals surface area (Å²) in [7, 11) is 0. The van der Waals surface area contributed by atoms with Gasteiger partial charge in [0.1, 0.15) is 11.4 Å². The van der Waals surface area contributed by atoms with Gasteiger partial charge in [0.25, 0.3) is 0 Å². The van der Waals surface area contributed by atoms with Crippen molar-refractivity contribution in [2.75, 3.05) is 0 Å². The molecule has 3 nitrogen and oxygen atoms in total. The maximum atomic E-state index is 11.3. The zero-order valence-corrected chi connectivity index (χ0v) is 14.5. The van der Waals surface area contributed by atoms with Crippen LogP contribution in [0.25, 0.3) is 0 Å². The second kappa shape index (κ2) is 6.62. The highest BCUT2D eigenvalue weighted by atomic mass is 16.3. The molecular weight excluding hydrogens is 296 g/mol. The van der Waals surface area contributed by atoms with Crippen LogP contribution in [0.5, 0.6) is 0 Å². The van der Waals surface area contributed by atoms with Gasteiger partial charge in [-0.15, -0.1) is 0 Å². The lowest BCUT2D eigenvalue weighted by atomic mass is 9.92. The lowest BCUT2D eigenvalue weighted by Crippen LogP contribution is -2.27. The van der Waals surface area contributed by atoms with E-state index in [2.05, 4.69) is 28.6 Å². The summed E-state index contributed by atoms with van der Waals surface area (Å²) in [4.78, 5) is 4.54. The van der Waals surface area contributed by atoms with Crippen molar-refractivity contribution in [2.24, 2.45) is 0 Å². The van der Waals surface area contributed by atoms with Crippen LogP contribution in [0.1, 0.15) is 42.1 Å². The van der Waals surface area contributed by atoms with Gasteiger partial charge in [0, 0.05) is 13.0 Å². The van der Waals surface area contributed by atoms with Crippen LogP contribution < -0.4 is 0 Å². The zero-order chi connectivity index (χ0) is 17.2. The highest BCUT2D eigenvalue weighted by molar-refractivity contribution is 5.34. The molecular formula is C21H24N2O. The molecule has 124 valence electrons. The van der Waals surface area contributed by atoms with E-state index in [1.165, 1.54) is 11.1 Å². The number of aryl methyl sites for hydroxylation is 2. The summed E-state index contributed by atoms with van der Waals surface area (Å²) in [6.45, 7) is 6.69. The molecule has 0 aliphatic heterocycles. The Morgan fingerprint density at radius 3 is 2.33 bits per heavy atom. The molecule has 0 bridgehead atoms. The smallest absolute Gasteiger partial charge is 0.128 e. The van der Waals surface area contributed by atoms with Gasteiger partial charge in [-0.2, -0.15) is 0 Å². The molecule has 0 aliphatic carbocycles. The van der Waals surface area contributed by atoms with Crippen molar-refractivity contribution in [3.63, 3.8) is 0 Å². The van der Waals surface area contributed by atoms with E-state index in [1.807, 2.05) is 62.5 Å². The van der Waals surface area contributed by atoms with Crippen molar-refractivity contribution in [1.29, 1.82) is 0 Å². The normalized spacial score (nSPS) is 13.7. The Morgan fingerprint density at radius 2 is 1.71 bits per heavy atom. The zero-order valence-electron chi connectivity index (χ0n) is 14.5.